The van der Waals surface area contributed by atoms with Crippen molar-refractivity contribution in [1.82, 2.24) is 0 Å². The monoisotopic (exact) mass is 316 g/mol. The van der Waals surface area contributed by atoms with E-state index in [9.17, 15) is 9.90 Å². The third kappa shape index (κ3) is 2.13. The summed E-state index contributed by atoms with van der Waals surface area (Å²) in [6, 6.07) is 0. The van der Waals surface area contributed by atoms with Gasteiger partial charge in [-0.1, -0.05) is 25.5 Å². The van der Waals surface area contributed by atoms with E-state index in [0.717, 1.165) is 43.4 Å². The third-order valence-electron chi connectivity index (χ3n) is 8.57. The Balaban J connectivity index is 1.66. The van der Waals surface area contributed by atoms with Gasteiger partial charge in [0.2, 0.25) is 0 Å². The van der Waals surface area contributed by atoms with Gasteiger partial charge < -0.3 is 5.11 Å². The summed E-state index contributed by atoms with van der Waals surface area (Å²) in [5, 5.41) is 10.1. The molecule has 4 aliphatic carbocycles. The van der Waals surface area contributed by atoms with E-state index in [1.165, 1.54) is 25.7 Å². The van der Waals surface area contributed by atoms with Crippen molar-refractivity contribution >= 4 is 5.78 Å². The molecule has 0 radical (unpaired) electrons. The van der Waals surface area contributed by atoms with Crippen LogP contribution in [0.4, 0.5) is 0 Å². The van der Waals surface area contributed by atoms with Gasteiger partial charge >= 0.3 is 0 Å². The van der Waals surface area contributed by atoms with Gasteiger partial charge in [-0.05, 0) is 86.9 Å². The van der Waals surface area contributed by atoms with E-state index in [1.54, 1.807) is 5.57 Å². The van der Waals surface area contributed by atoms with Crippen LogP contribution < -0.4 is 0 Å². The molecule has 0 aromatic heterocycles. The predicted molar refractivity (Wildman–Crippen MR) is 91.9 cm³/mol. The van der Waals surface area contributed by atoms with E-state index >= 15 is 0 Å². The van der Waals surface area contributed by atoms with E-state index in [1.807, 2.05) is 6.92 Å². The van der Waals surface area contributed by atoms with Gasteiger partial charge in [0.15, 0.2) is 0 Å². The van der Waals surface area contributed by atoms with Crippen LogP contribution in [0.25, 0.3) is 0 Å². The van der Waals surface area contributed by atoms with Crippen LogP contribution in [0, 0.1) is 34.5 Å². The Hall–Kier alpha value is -0.630. The Kier molecular flexibility index (Phi) is 3.58. The van der Waals surface area contributed by atoms with Crippen LogP contribution in [0.15, 0.2) is 11.6 Å². The molecule has 1 unspecified atom stereocenters. The zero-order valence-electron chi connectivity index (χ0n) is 15.0. The van der Waals surface area contributed by atoms with Crippen LogP contribution in [-0.4, -0.2) is 17.0 Å². The summed E-state index contributed by atoms with van der Waals surface area (Å²) in [5.74, 6) is 3.00. The smallest absolute Gasteiger partial charge is 0.133 e. The van der Waals surface area contributed by atoms with Crippen LogP contribution in [0.2, 0.25) is 0 Å². The topological polar surface area (TPSA) is 37.3 Å². The maximum atomic E-state index is 12.2. The summed E-state index contributed by atoms with van der Waals surface area (Å²) in [6.07, 6.45) is 11.5. The van der Waals surface area contributed by atoms with Crippen molar-refractivity contribution in [2.45, 2.75) is 78.2 Å². The first kappa shape index (κ1) is 15.9. The minimum atomic E-state index is -0.117. The summed E-state index contributed by atoms with van der Waals surface area (Å²) in [7, 11) is 0. The Labute approximate surface area is 140 Å². The molecule has 0 amide bonds. The number of hydrogen-bond donors (Lipinski definition) is 1. The van der Waals surface area contributed by atoms with E-state index in [4.69, 9.17) is 0 Å². The first-order valence-corrected chi connectivity index (χ1v) is 9.74. The van der Waals surface area contributed by atoms with Gasteiger partial charge in [0.05, 0.1) is 6.10 Å². The maximum Gasteiger partial charge on any atom is 0.133 e. The van der Waals surface area contributed by atoms with Gasteiger partial charge in [-0.25, -0.2) is 0 Å². The molecule has 0 aromatic rings. The molecule has 23 heavy (non-hydrogen) atoms. The number of Topliss-reactive ketones (excluding diaryl/α,β-unsaturated/α-hetero) is 1. The fourth-order valence-corrected chi connectivity index (χ4v) is 7.31. The quantitative estimate of drug-likeness (QED) is 0.722. The maximum absolute atomic E-state index is 12.2. The molecule has 4 rings (SSSR count). The SMILES string of the molecule is CC(=O)[C@H]1CC[C@H]2C3CC=C4C[C@H](O)CC[C@]4(C)[C@H]3CC[C@]12C. The van der Waals surface area contributed by atoms with Crippen LogP contribution in [0.1, 0.15) is 72.1 Å². The second-order valence-corrected chi connectivity index (χ2v) is 9.44. The standard InChI is InChI=1S/C21H32O2/c1-13(22)17-6-7-18-16-5-4-14-12-15(23)8-10-20(14,2)19(16)9-11-21(17,18)3/h4,15-19,23H,5-12H2,1-3H3/t15-,16?,17-,18+,19+,20+,21-/m1/s1. The van der Waals surface area contributed by atoms with Gasteiger partial charge in [0.25, 0.3) is 0 Å². The Morgan fingerprint density at radius 3 is 2.65 bits per heavy atom. The normalized spacial score (nSPS) is 52.2. The van der Waals surface area contributed by atoms with E-state index in [-0.39, 0.29) is 11.5 Å². The summed E-state index contributed by atoms with van der Waals surface area (Å²) >= 11 is 0. The van der Waals surface area contributed by atoms with Crippen LogP contribution in [0.3, 0.4) is 0 Å². The van der Waals surface area contributed by atoms with Gasteiger partial charge in [-0.15, -0.1) is 0 Å². The van der Waals surface area contributed by atoms with Gasteiger partial charge in [0.1, 0.15) is 5.78 Å². The number of aliphatic hydroxyl groups excluding tert-OH is 1. The zero-order chi connectivity index (χ0) is 16.4. The molecular weight excluding hydrogens is 284 g/mol. The Bertz CT molecular complexity index is 550. The van der Waals surface area contributed by atoms with Crippen LogP contribution >= 0.6 is 0 Å². The largest absolute Gasteiger partial charge is 0.393 e. The summed E-state index contributed by atoms with van der Waals surface area (Å²) in [5.41, 5.74) is 2.11. The highest BCUT2D eigenvalue weighted by Crippen LogP contribution is 2.66. The predicted octanol–water partition coefficient (Wildman–Crippen LogP) is 4.52. The highest BCUT2D eigenvalue weighted by atomic mass is 16.3. The molecule has 128 valence electrons. The lowest BCUT2D eigenvalue weighted by Gasteiger charge is -2.57. The van der Waals surface area contributed by atoms with Gasteiger partial charge in [-0.2, -0.15) is 0 Å². The van der Waals surface area contributed by atoms with Gasteiger partial charge in [-0.3, -0.25) is 4.79 Å². The van der Waals surface area contributed by atoms with Gasteiger partial charge in [0, 0.05) is 5.92 Å². The molecule has 4 aliphatic rings. The molecule has 3 saturated carbocycles. The minimum absolute atomic E-state index is 0.117. The summed E-state index contributed by atoms with van der Waals surface area (Å²) in [6.45, 7) is 6.70. The second-order valence-electron chi connectivity index (χ2n) is 9.44. The third-order valence-corrected chi connectivity index (χ3v) is 8.57. The highest BCUT2D eigenvalue weighted by Gasteiger charge is 2.59. The van der Waals surface area contributed by atoms with Crippen molar-refractivity contribution in [2.75, 3.05) is 0 Å². The number of fused-ring (bicyclic) bond motifs is 5. The van der Waals surface area contributed by atoms with Crippen molar-refractivity contribution < 1.29 is 9.90 Å². The highest BCUT2D eigenvalue weighted by molar-refractivity contribution is 5.79. The molecule has 0 aliphatic heterocycles. The van der Waals surface area contributed by atoms with Crippen LogP contribution in [0.5, 0.6) is 0 Å². The second kappa shape index (κ2) is 5.18. The van der Waals surface area contributed by atoms with Crippen molar-refractivity contribution in [3.8, 4) is 0 Å². The van der Waals surface area contributed by atoms with E-state index < -0.39 is 0 Å². The lowest BCUT2D eigenvalue weighted by atomic mass is 9.47. The lowest BCUT2D eigenvalue weighted by Crippen LogP contribution is -2.50. The minimum Gasteiger partial charge on any atom is -0.393 e. The molecule has 2 heteroatoms. The first-order chi connectivity index (χ1) is 10.9. The molecule has 1 N–H and O–H groups in total. The number of ketones is 1. The fourth-order valence-electron chi connectivity index (χ4n) is 7.31. The molecular formula is C21H32O2. The first-order valence-electron chi connectivity index (χ1n) is 9.74. The van der Waals surface area contributed by atoms with Crippen molar-refractivity contribution in [1.29, 1.82) is 0 Å². The summed E-state index contributed by atoms with van der Waals surface area (Å²) < 4.78 is 0. The van der Waals surface area contributed by atoms with Crippen LogP contribution in [-0.2, 0) is 4.79 Å². The van der Waals surface area contributed by atoms with E-state index in [0.29, 0.717) is 17.1 Å². The molecule has 0 saturated heterocycles. The molecule has 0 aromatic carbocycles. The van der Waals surface area contributed by atoms with Crippen molar-refractivity contribution in [3.05, 3.63) is 11.6 Å². The summed E-state index contributed by atoms with van der Waals surface area (Å²) in [4.78, 5) is 12.2. The number of hydrogen-bond acceptors (Lipinski definition) is 2. The van der Waals surface area contributed by atoms with E-state index in [2.05, 4.69) is 19.9 Å². The average Bonchev–Trinajstić information content (AvgIpc) is 2.85. The molecule has 3 fully saturated rings. The Morgan fingerprint density at radius 1 is 1.13 bits per heavy atom. The number of carbonyl (C=O) groups excluding carboxylic acids is 1. The number of allylic oxidation sites excluding steroid dienone is 1. The van der Waals surface area contributed by atoms with Crippen molar-refractivity contribution in [3.63, 3.8) is 0 Å². The zero-order valence-corrected chi connectivity index (χ0v) is 15.0. The molecule has 0 bridgehead atoms. The Morgan fingerprint density at radius 2 is 1.91 bits per heavy atom. The molecule has 7 atom stereocenters. The van der Waals surface area contributed by atoms with Crippen molar-refractivity contribution in [2.24, 2.45) is 34.5 Å². The molecule has 0 spiro atoms. The fraction of sp³-hybridized carbons (Fsp3) is 0.857. The lowest BCUT2D eigenvalue weighted by molar-refractivity contribution is -0.127. The molecule has 0 heterocycles. The average molecular weight is 316 g/mol. The number of carbonyl (C=O) groups is 1. The number of aliphatic hydroxyl groups is 1. The molecule has 2 nitrogen and oxygen atoms in total. The number of rotatable bonds is 1.